The lowest BCUT2D eigenvalue weighted by molar-refractivity contribution is 0.546. The highest BCUT2D eigenvalue weighted by molar-refractivity contribution is 9.10. The van der Waals surface area contributed by atoms with Crippen LogP contribution in [-0.2, 0) is 12.8 Å². The first kappa shape index (κ1) is 13.5. The Hall–Kier alpha value is -1.89. The quantitative estimate of drug-likeness (QED) is 0.723. The molecule has 118 valence electrons. The highest BCUT2D eigenvalue weighted by Gasteiger charge is 2.34. The van der Waals surface area contributed by atoms with Crippen LogP contribution >= 0.6 is 15.9 Å². The molecule has 0 unspecified atom stereocenters. The molecule has 1 saturated carbocycles. The molecular weight excluding hydrogens is 356 g/mol. The van der Waals surface area contributed by atoms with Gasteiger partial charge < -0.3 is 5.73 Å². The second-order valence-corrected chi connectivity index (χ2v) is 7.32. The van der Waals surface area contributed by atoms with Crippen molar-refractivity contribution in [3.63, 3.8) is 0 Å². The Balaban J connectivity index is 1.58. The maximum absolute atomic E-state index is 6.02. The lowest BCUT2D eigenvalue weighted by Crippen LogP contribution is -2.15. The first-order valence-electron chi connectivity index (χ1n) is 8.06. The van der Waals surface area contributed by atoms with E-state index in [2.05, 4.69) is 35.5 Å². The molecule has 2 aliphatic carbocycles. The van der Waals surface area contributed by atoms with E-state index in [0.717, 1.165) is 35.2 Å². The summed E-state index contributed by atoms with van der Waals surface area (Å²) >= 11 is 3.54. The van der Waals surface area contributed by atoms with Gasteiger partial charge in [0.2, 0.25) is 0 Å². The molecule has 0 bridgehead atoms. The van der Waals surface area contributed by atoms with E-state index >= 15 is 0 Å². The minimum Gasteiger partial charge on any atom is -0.382 e. The van der Waals surface area contributed by atoms with Crippen molar-refractivity contribution in [1.29, 1.82) is 0 Å². The van der Waals surface area contributed by atoms with Crippen LogP contribution in [0.4, 0.5) is 5.82 Å². The maximum Gasteiger partial charge on any atom is 0.150 e. The van der Waals surface area contributed by atoms with E-state index < -0.39 is 0 Å². The largest absolute Gasteiger partial charge is 0.382 e. The van der Waals surface area contributed by atoms with E-state index in [0.29, 0.717) is 17.7 Å². The zero-order valence-electron chi connectivity index (χ0n) is 12.6. The average molecular weight is 373 g/mol. The second kappa shape index (κ2) is 4.80. The number of H-pyrrole nitrogens is 1. The number of hydrogen-bond acceptors (Lipinski definition) is 4. The summed E-state index contributed by atoms with van der Waals surface area (Å²) in [6, 6.07) is 0. The highest BCUT2D eigenvalue weighted by atomic mass is 79.9. The van der Waals surface area contributed by atoms with Crippen molar-refractivity contribution in [3.8, 4) is 0 Å². The van der Waals surface area contributed by atoms with Crippen LogP contribution in [0, 0.1) is 0 Å². The van der Waals surface area contributed by atoms with E-state index in [-0.39, 0.29) is 0 Å². The van der Waals surface area contributed by atoms with Gasteiger partial charge in [0.25, 0.3) is 0 Å². The van der Waals surface area contributed by atoms with Gasteiger partial charge in [-0.05, 0) is 53.6 Å². The SMILES string of the molecule is Nc1nccn2c([C@H]3CCc4[nH]nc(C5CC5)c4C3)nc(Br)c12. The Labute approximate surface area is 141 Å². The number of fused-ring (bicyclic) bond motifs is 2. The van der Waals surface area contributed by atoms with E-state index in [1.54, 1.807) is 6.20 Å². The van der Waals surface area contributed by atoms with Gasteiger partial charge in [-0.2, -0.15) is 5.10 Å². The Morgan fingerprint density at radius 2 is 2.13 bits per heavy atom. The summed E-state index contributed by atoms with van der Waals surface area (Å²) < 4.78 is 2.86. The second-order valence-electron chi connectivity index (χ2n) is 6.57. The number of aryl methyl sites for hydroxylation is 1. The number of imidazole rings is 1. The van der Waals surface area contributed by atoms with Crippen LogP contribution in [-0.4, -0.2) is 24.6 Å². The van der Waals surface area contributed by atoms with Crippen LogP contribution < -0.4 is 5.73 Å². The molecule has 0 saturated heterocycles. The third kappa shape index (κ3) is 2.02. The molecule has 0 spiro atoms. The highest BCUT2D eigenvalue weighted by Crippen LogP contribution is 2.44. The molecule has 1 fully saturated rings. The van der Waals surface area contributed by atoms with Gasteiger partial charge in [0, 0.05) is 29.9 Å². The topological polar surface area (TPSA) is 84.9 Å². The monoisotopic (exact) mass is 372 g/mol. The number of nitrogens with two attached hydrogens (primary N) is 1. The van der Waals surface area contributed by atoms with Crippen molar-refractivity contribution in [2.24, 2.45) is 0 Å². The number of halogens is 1. The molecule has 6 nitrogen and oxygen atoms in total. The van der Waals surface area contributed by atoms with Crippen LogP contribution in [0.15, 0.2) is 17.0 Å². The molecule has 23 heavy (non-hydrogen) atoms. The zero-order chi connectivity index (χ0) is 15.6. The van der Waals surface area contributed by atoms with Crippen LogP contribution in [0.5, 0.6) is 0 Å². The number of nitrogens with one attached hydrogen (secondary N) is 1. The van der Waals surface area contributed by atoms with Crippen LogP contribution in [0.25, 0.3) is 5.52 Å². The van der Waals surface area contributed by atoms with Gasteiger partial charge in [0.05, 0.1) is 5.69 Å². The summed E-state index contributed by atoms with van der Waals surface area (Å²) in [7, 11) is 0. The summed E-state index contributed by atoms with van der Waals surface area (Å²) in [5.74, 6) is 2.64. The summed E-state index contributed by atoms with van der Waals surface area (Å²) in [5.41, 5.74) is 10.9. The van der Waals surface area contributed by atoms with Crippen LogP contribution in [0.3, 0.4) is 0 Å². The van der Waals surface area contributed by atoms with Crippen molar-refractivity contribution < 1.29 is 0 Å². The summed E-state index contributed by atoms with van der Waals surface area (Å²) in [4.78, 5) is 8.92. The van der Waals surface area contributed by atoms with Gasteiger partial charge in [0.15, 0.2) is 5.82 Å². The molecule has 3 heterocycles. The Morgan fingerprint density at radius 3 is 2.96 bits per heavy atom. The molecule has 1 atom stereocenters. The Kier molecular flexibility index (Phi) is 2.83. The number of rotatable bonds is 2. The molecule has 3 aromatic rings. The third-order valence-electron chi connectivity index (χ3n) is 5.08. The van der Waals surface area contributed by atoms with Gasteiger partial charge in [-0.3, -0.25) is 9.50 Å². The van der Waals surface area contributed by atoms with E-state index in [1.165, 1.54) is 29.8 Å². The normalized spacial score (nSPS) is 20.8. The molecule has 0 amide bonds. The number of nitrogens with zero attached hydrogens (tertiary/aromatic N) is 4. The van der Waals surface area contributed by atoms with Gasteiger partial charge in [0.1, 0.15) is 15.9 Å². The summed E-state index contributed by atoms with van der Waals surface area (Å²) in [6.07, 6.45) is 9.36. The maximum atomic E-state index is 6.02. The van der Waals surface area contributed by atoms with Gasteiger partial charge >= 0.3 is 0 Å². The fraction of sp³-hybridized carbons (Fsp3) is 0.438. The first-order valence-corrected chi connectivity index (χ1v) is 8.85. The predicted octanol–water partition coefficient (Wildman–Crippen LogP) is 2.95. The van der Waals surface area contributed by atoms with Gasteiger partial charge in [-0.1, -0.05) is 0 Å². The number of aromatic amines is 1. The predicted molar refractivity (Wildman–Crippen MR) is 90.4 cm³/mol. The van der Waals surface area contributed by atoms with Crippen molar-refractivity contribution >= 4 is 27.3 Å². The van der Waals surface area contributed by atoms with Crippen molar-refractivity contribution in [2.45, 2.75) is 43.9 Å². The molecule has 7 heteroatoms. The Bertz CT molecular complexity index is 907. The van der Waals surface area contributed by atoms with E-state index in [1.807, 2.05) is 6.20 Å². The van der Waals surface area contributed by atoms with E-state index in [9.17, 15) is 0 Å². The van der Waals surface area contributed by atoms with Gasteiger partial charge in [-0.25, -0.2) is 9.97 Å². The molecule has 0 aliphatic heterocycles. The molecule has 0 radical (unpaired) electrons. The molecule has 0 aromatic carbocycles. The lowest BCUT2D eigenvalue weighted by Gasteiger charge is -2.21. The number of nitrogen functional groups attached to an aromatic ring is 1. The summed E-state index contributed by atoms with van der Waals surface area (Å²) in [5, 5.41) is 7.83. The van der Waals surface area contributed by atoms with E-state index in [4.69, 9.17) is 10.7 Å². The minimum absolute atomic E-state index is 0.387. The molecule has 2 aliphatic rings. The fourth-order valence-corrected chi connectivity index (χ4v) is 4.34. The standard InChI is InChI=1S/C16H17BrN6/c17-14-13-15(18)19-5-6-23(13)16(20-14)9-3-4-11-10(7-9)12(22-21-11)8-1-2-8/h5-6,8-9H,1-4,7H2,(H2,18,19)(H,21,22)/t9-/m0/s1. The van der Waals surface area contributed by atoms with Gasteiger partial charge in [-0.15, -0.1) is 0 Å². The number of anilines is 1. The smallest absolute Gasteiger partial charge is 0.150 e. The van der Waals surface area contributed by atoms with Crippen molar-refractivity contribution in [1.82, 2.24) is 24.6 Å². The molecule has 5 rings (SSSR count). The average Bonchev–Trinajstić information content (AvgIpc) is 3.21. The van der Waals surface area contributed by atoms with Crippen LogP contribution in [0.1, 0.15) is 53.9 Å². The summed E-state index contributed by atoms with van der Waals surface area (Å²) in [6.45, 7) is 0. The zero-order valence-corrected chi connectivity index (χ0v) is 14.2. The minimum atomic E-state index is 0.387. The third-order valence-corrected chi connectivity index (χ3v) is 5.63. The molecule has 3 aromatic heterocycles. The number of hydrogen-bond donors (Lipinski definition) is 2. The van der Waals surface area contributed by atoms with Crippen LogP contribution in [0.2, 0.25) is 0 Å². The fourth-order valence-electron chi connectivity index (χ4n) is 3.76. The van der Waals surface area contributed by atoms with Crippen molar-refractivity contribution in [3.05, 3.63) is 39.8 Å². The number of aromatic nitrogens is 5. The molecular formula is C16H17BrN6. The van der Waals surface area contributed by atoms with Crippen molar-refractivity contribution in [2.75, 3.05) is 5.73 Å². The first-order chi connectivity index (χ1) is 11.2. The lowest BCUT2D eigenvalue weighted by atomic mass is 9.85. The Morgan fingerprint density at radius 1 is 1.26 bits per heavy atom. The molecule has 3 N–H and O–H groups in total.